The van der Waals surface area contributed by atoms with E-state index in [4.69, 9.17) is 11.6 Å². The van der Waals surface area contributed by atoms with Gasteiger partial charge in [0.15, 0.2) is 0 Å². The molecular weight excluding hydrogens is 302 g/mol. The number of carbonyl (C=O) groups is 1. The van der Waals surface area contributed by atoms with Gasteiger partial charge in [-0.15, -0.1) is 0 Å². The molecule has 1 aliphatic carbocycles. The van der Waals surface area contributed by atoms with Crippen LogP contribution in [0, 0.1) is 0 Å². The molecule has 0 bridgehead atoms. The molecule has 0 unspecified atom stereocenters. The second-order valence-corrected chi connectivity index (χ2v) is 7.11. The Balaban J connectivity index is 2.30. The summed E-state index contributed by atoms with van der Waals surface area (Å²) in [5, 5.41) is 11.8. The van der Waals surface area contributed by atoms with Crippen molar-refractivity contribution in [1.29, 1.82) is 0 Å². The zero-order chi connectivity index (χ0) is 14.8. The number of halogens is 1. The van der Waals surface area contributed by atoms with Gasteiger partial charge in [0, 0.05) is 5.02 Å². The van der Waals surface area contributed by atoms with Crippen molar-refractivity contribution < 1.29 is 18.3 Å². The molecule has 1 aliphatic rings. The van der Waals surface area contributed by atoms with Gasteiger partial charge in [0.1, 0.15) is 0 Å². The summed E-state index contributed by atoms with van der Waals surface area (Å²) in [4.78, 5) is 11.4. The minimum absolute atomic E-state index is 0.00639. The van der Waals surface area contributed by atoms with E-state index in [1.165, 1.54) is 24.3 Å². The molecule has 1 fully saturated rings. The molecule has 0 atom stereocenters. The van der Waals surface area contributed by atoms with Crippen LogP contribution in [0.15, 0.2) is 29.2 Å². The highest BCUT2D eigenvalue weighted by molar-refractivity contribution is 7.89. The zero-order valence-electron chi connectivity index (χ0n) is 10.8. The first kappa shape index (κ1) is 15.3. The summed E-state index contributed by atoms with van der Waals surface area (Å²) in [6.07, 6.45) is 2.73. The van der Waals surface area contributed by atoms with Crippen LogP contribution in [-0.4, -0.2) is 19.9 Å². The van der Waals surface area contributed by atoms with Gasteiger partial charge < -0.3 is 9.90 Å². The minimum atomic E-state index is -3.91. The maximum atomic E-state index is 12.3. The predicted molar refractivity (Wildman–Crippen MR) is 72.6 cm³/mol. The van der Waals surface area contributed by atoms with Crippen LogP contribution in [0.1, 0.15) is 32.1 Å². The summed E-state index contributed by atoms with van der Waals surface area (Å²) in [6, 6.07) is 5.58. The lowest BCUT2D eigenvalue weighted by Gasteiger charge is -2.38. The van der Waals surface area contributed by atoms with Crippen LogP contribution in [0.4, 0.5) is 0 Å². The first-order chi connectivity index (χ1) is 9.36. The largest absolute Gasteiger partial charge is 0.548 e. The van der Waals surface area contributed by atoms with Gasteiger partial charge in [-0.05, 0) is 37.1 Å². The molecule has 0 spiro atoms. The van der Waals surface area contributed by atoms with E-state index in [-0.39, 0.29) is 17.7 Å². The van der Waals surface area contributed by atoms with E-state index < -0.39 is 21.5 Å². The van der Waals surface area contributed by atoms with Crippen molar-refractivity contribution in [3.63, 3.8) is 0 Å². The fourth-order valence-corrected chi connectivity index (χ4v) is 3.97. The Hall–Kier alpha value is -1.11. The number of nitrogens with one attached hydrogen (secondary N) is 1. The van der Waals surface area contributed by atoms with Crippen LogP contribution < -0.4 is 9.83 Å². The van der Waals surface area contributed by atoms with Crippen molar-refractivity contribution in [1.82, 2.24) is 4.72 Å². The third-order valence-electron chi connectivity index (χ3n) is 3.55. The van der Waals surface area contributed by atoms with E-state index in [1.807, 2.05) is 0 Å². The lowest BCUT2D eigenvalue weighted by atomic mass is 9.83. The predicted octanol–water partition coefficient (Wildman–Crippen LogP) is 1.07. The third-order valence-corrected chi connectivity index (χ3v) is 5.36. The number of carboxylic acid groups (broad SMARTS) is 1. The van der Waals surface area contributed by atoms with E-state index in [2.05, 4.69) is 4.72 Å². The standard InChI is InChI=1S/C13H16ClNO4S/c14-10-4-6-11(7-5-10)20(18,19)15-13(12(16)17)8-2-1-3-9-13/h4-7,15H,1-3,8-9H2,(H,16,17)/p-1. The van der Waals surface area contributed by atoms with Crippen molar-refractivity contribution in [3.8, 4) is 0 Å². The Labute approximate surface area is 123 Å². The highest BCUT2D eigenvalue weighted by atomic mass is 35.5. The minimum Gasteiger partial charge on any atom is -0.548 e. The average Bonchev–Trinajstić information content (AvgIpc) is 2.39. The number of benzene rings is 1. The number of sulfonamides is 1. The molecule has 20 heavy (non-hydrogen) atoms. The van der Waals surface area contributed by atoms with Crippen molar-refractivity contribution >= 4 is 27.6 Å². The Morgan fingerprint density at radius 3 is 2.20 bits per heavy atom. The topological polar surface area (TPSA) is 86.3 Å². The number of hydrogen-bond acceptors (Lipinski definition) is 4. The van der Waals surface area contributed by atoms with Gasteiger partial charge in [0.25, 0.3) is 0 Å². The lowest BCUT2D eigenvalue weighted by molar-refractivity contribution is -0.314. The Bertz CT molecular complexity index is 591. The van der Waals surface area contributed by atoms with E-state index in [0.29, 0.717) is 17.9 Å². The summed E-state index contributed by atoms with van der Waals surface area (Å²) >= 11 is 5.71. The van der Waals surface area contributed by atoms with Gasteiger partial charge >= 0.3 is 0 Å². The van der Waals surface area contributed by atoms with Gasteiger partial charge in [0.2, 0.25) is 10.0 Å². The van der Waals surface area contributed by atoms with Gasteiger partial charge in [-0.25, -0.2) is 8.42 Å². The molecule has 0 radical (unpaired) electrons. The van der Waals surface area contributed by atoms with Crippen LogP contribution in [0.5, 0.6) is 0 Å². The maximum Gasteiger partial charge on any atom is 0.241 e. The third kappa shape index (κ3) is 3.13. The molecule has 0 saturated heterocycles. The molecular formula is C13H15ClNO4S-. The SMILES string of the molecule is O=C([O-])C1(NS(=O)(=O)c2ccc(Cl)cc2)CCCCC1. The molecule has 7 heteroatoms. The number of carbonyl (C=O) groups excluding carboxylic acids is 1. The number of hydrogen-bond donors (Lipinski definition) is 1. The molecule has 1 N–H and O–H groups in total. The van der Waals surface area contributed by atoms with Crippen LogP contribution in [0.3, 0.4) is 0 Å². The Kier molecular flexibility index (Phi) is 4.36. The van der Waals surface area contributed by atoms with Gasteiger partial charge in [0.05, 0.1) is 16.4 Å². The molecule has 110 valence electrons. The van der Waals surface area contributed by atoms with Gasteiger partial charge in [-0.2, -0.15) is 4.72 Å². The number of aliphatic carboxylic acids is 1. The fraction of sp³-hybridized carbons (Fsp3) is 0.462. The molecule has 0 amide bonds. The summed E-state index contributed by atoms with van der Waals surface area (Å²) in [7, 11) is -3.91. The first-order valence-electron chi connectivity index (χ1n) is 6.37. The molecule has 2 rings (SSSR count). The van der Waals surface area contributed by atoms with E-state index in [9.17, 15) is 18.3 Å². The Morgan fingerprint density at radius 1 is 1.15 bits per heavy atom. The van der Waals surface area contributed by atoms with Crippen LogP contribution in [0.2, 0.25) is 5.02 Å². The first-order valence-corrected chi connectivity index (χ1v) is 8.23. The number of carboxylic acids is 1. The second kappa shape index (κ2) is 5.71. The smallest absolute Gasteiger partial charge is 0.241 e. The zero-order valence-corrected chi connectivity index (χ0v) is 12.3. The van der Waals surface area contributed by atoms with E-state index >= 15 is 0 Å². The summed E-state index contributed by atoms with van der Waals surface area (Å²) < 4.78 is 26.9. The highest BCUT2D eigenvalue weighted by Gasteiger charge is 2.37. The summed E-state index contributed by atoms with van der Waals surface area (Å²) in [5.74, 6) is -1.37. The van der Waals surface area contributed by atoms with Gasteiger partial charge in [-0.3, -0.25) is 0 Å². The molecule has 0 aliphatic heterocycles. The molecule has 1 aromatic carbocycles. The lowest BCUT2D eigenvalue weighted by Crippen LogP contribution is -2.60. The summed E-state index contributed by atoms with van der Waals surface area (Å²) in [6.45, 7) is 0. The summed E-state index contributed by atoms with van der Waals surface area (Å²) in [5.41, 5.74) is -1.50. The molecule has 1 aromatic rings. The van der Waals surface area contributed by atoms with Crippen LogP contribution in [-0.2, 0) is 14.8 Å². The Morgan fingerprint density at radius 2 is 1.70 bits per heavy atom. The highest BCUT2D eigenvalue weighted by Crippen LogP contribution is 2.29. The maximum absolute atomic E-state index is 12.3. The normalized spacial score (nSPS) is 18.6. The van der Waals surface area contributed by atoms with Crippen molar-refractivity contribution in [3.05, 3.63) is 29.3 Å². The van der Waals surface area contributed by atoms with E-state index in [0.717, 1.165) is 6.42 Å². The van der Waals surface area contributed by atoms with Crippen LogP contribution >= 0.6 is 11.6 Å². The van der Waals surface area contributed by atoms with E-state index in [1.54, 1.807) is 0 Å². The van der Waals surface area contributed by atoms with Crippen molar-refractivity contribution in [2.75, 3.05) is 0 Å². The van der Waals surface area contributed by atoms with Crippen molar-refractivity contribution in [2.45, 2.75) is 42.5 Å². The monoisotopic (exact) mass is 316 g/mol. The average molecular weight is 317 g/mol. The number of rotatable bonds is 4. The van der Waals surface area contributed by atoms with Crippen LogP contribution in [0.25, 0.3) is 0 Å². The van der Waals surface area contributed by atoms with Crippen molar-refractivity contribution in [2.24, 2.45) is 0 Å². The molecule has 1 saturated carbocycles. The quantitative estimate of drug-likeness (QED) is 0.900. The molecule has 5 nitrogen and oxygen atoms in total. The van der Waals surface area contributed by atoms with Gasteiger partial charge in [-0.1, -0.05) is 30.9 Å². The second-order valence-electron chi connectivity index (χ2n) is 4.99. The fourth-order valence-electron chi connectivity index (χ4n) is 2.43. The molecule has 0 aromatic heterocycles. The molecule has 0 heterocycles.